The van der Waals surface area contributed by atoms with Crippen LogP contribution in [0.25, 0.3) is 0 Å². The highest BCUT2D eigenvalue weighted by Gasteiger charge is 2.46. The zero-order chi connectivity index (χ0) is 13.3. The molecule has 2 unspecified atom stereocenters. The van der Waals surface area contributed by atoms with E-state index in [1.165, 1.54) is 0 Å². The maximum absolute atomic E-state index is 11.9. The molecule has 1 aromatic rings. The lowest BCUT2D eigenvalue weighted by Gasteiger charge is -2.27. The molecule has 0 bridgehead atoms. The highest BCUT2D eigenvalue weighted by molar-refractivity contribution is 9.10. The molecule has 0 radical (unpaired) electrons. The Labute approximate surface area is 113 Å². The summed E-state index contributed by atoms with van der Waals surface area (Å²) in [5.74, 6) is -1.06. The number of carboxylic acid groups (broad SMARTS) is 1. The predicted molar refractivity (Wildman–Crippen MR) is 67.3 cm³/mol. The molecule has 0 aliphatic heterocycles. The molecule has 2 N–H and O–H groups in total. The van der Waals surface area contributed by atoms with Crippen molar-refractivity contribution in [2.45, 2.75) is 32.2 Å². The summed E-state index contributed by atoms with van der Waals surface area (Å²) in [4.78, 5) is 23.2. The van der Waals surface area contributed by atoms with Gasteiger partial charge in [0, 0.05) is 6.04 Å². The lowest BCUT2D eigenvalue weighted by atomic mass is 9.85. The Balaban J connectivity index is 2.10. The number of nitrogens with one attached hydrogen (secondary N) is 1. The van der Waals surface area contributed by atoms with Crippen molar-refractivity contribution >= 4 is 27.8 Å². The minimum absolute atomic E-state index is 0.182. The summed E-state index contributed by atoms with van der Waals surface area (Å²) in [6, 6.07) is 2.82. The monoisotopic (exact) mass is 315 g/mol. The molecule has 18 heavy (non-hydrogen) atoms. The number of carboxylic acids is 1. The average molecular weight is 316 g/mol. The smallest absolute Gasteiger partial charge is 0.311 e. The molecule has 1 amide bonds. The van der Waals surface area contributed by atoms with Crippen molar-refractivity contribution in [2.75, 3.05) is 0 Å². The molecule has 1 aliphatic rings. The highest BCUT2D eigenvalue weighted by Crippen LogP contribution is 2.38. The van der Waals surface area contributed by atoms with Crippen LogP contribution in [0.4, 0.5) is 0 Å². The van der Waals surface area contributed by atoms with E-state index < -0.39 is 11.4 Å². The fourth-order valence-electron chi connectivity index (χ4n) is 2.32. The maximum Gasteiger partial charge on any atom is 0.311 e. The number of hydrogen-bond donors (Lipinski definition) is 2. The number of carbonyl (C=O) groups is 2. The number of furan rings is 1. The molecule has 0 aromatic carbocycles. The molecule has 6 heteroatoms. The van der Waals surface area contributed by atoms with Crippen molar-refractivity contribution in [1.82, 2.24) is 5.32 Å². The molecule has 1 saturated carbocycles. The van der Waals surface area contributed by atoms with Crippen LogP contribution < -0.4 is 5.32 Å². The van der Waals surface area contributed by atoms with Crippen LogP contribution in [0.2, 0.25) is 0 Å². The van der Waals surface area contributed by atoms with E-state index in [0.29, 0.717) is 17.5 Å². The van der Waals surface area contributed by atoms with Gasteiger partial charge in [-0.25, -0.2) is 0 Å². The highest BCUT2D eigenvalue weighted by atomic mass is 79.9. The van der Waals surface area contributed by atoms with Crippen LogP contribution >= 0.6 is 15.9 Å². The van der Waals surface area contributed by atoms with Crippen molar-refractivity contribution in [3.05, 3.63) is 22.6 Å². The molecule has 2 atom stereocenters. The molecule has 5 nitrogen and oxygen atoms in total. The Morgan fingerprint density at radius 1 is 1.56 bits per heavy atom. The normalized spacial score (nSPS) is 27.1. The van der Waals surface area contributed by atoms with E-state index in [-0.39, 0.29) is 17.7 Å². The molecule has 1 aromatic heterocycles. The number of hydrogen-bond acceptors (Lipinski definition) is 3. The van der Waals surface area contributed by atoms with Gasteiger partial charge in [-0.3, -0.25) is 9.59 Å². The fourth-order valence-corrected chi connectivity index (χ4v) is 2.63. The first-order valence-electron chi connectivity index (χ1n) is 5.73. The van der Waals surface area contributed by atoms with E-state index >= 15 is 0 Å². The van der Waals surface area contributed by atoms with Crippen LogP contribution in [-0.2, 0) is 4.79 Å². The SMILES string of the molecule is CC1(C(=O)O)CCCC1NC(=O)c1ccc(Br)o1. The lowest BCUT2D eigenvalue weighted by molar-refractivity contribution is -0.148. The van der Waals surface area contributed by atoms with Crippen molar-refractivity contribution in [3.8, 4) is 0 Å². The van der Waals surface area contributed by atoms with Gasteiger partial charge < -0.3 is 14.8 Å². The van der Waals surface area contributed by atoms with E-state index in [1.54, 1.807) is 19.1 Å². The average Bonchev–Trinajstić information content (AvgIpc) is 2.87. The number of aliphatic carboxylic acids is 1. The minimum Gasteiger partial charge on any atom is -0.481 e. The Morgan fingerprint density at radius 3 is 2.83 bits per heavy atom. The van der Waals surface area contributed by atoms with Gasteiger partial charge in [-0.05, 0) is 47.8 Å². The Kier molecular flexibility index (Phi) is 3.47. The minimum atomic E-state index is -0.889. The summed E-state index contributed by atoms with van der Waals surface area (Å²) in [6.45, 7) is 1.67. The summed E-state index contributed by atoms with van der Waals surface area (Å²) >= 11 is 3.12. The van der Waals surface area contributed by atoms with Crippen molar-refractivity contribution in [3.63, 3.8) is 0 Å². The van der Waals surface area contributed by atoms with Crippen molar-refractivity contribution < 1.29 is 19.1 Å². The zero-order valence-corrected chi connectivity index (χ0v) is 11.5. The van der Waals surface area contributed by atoms with Crippen LogP contribution in [0.1, 0.15) is 36.7 Å². The first-order chi connectivity index (χ1) is 8.43. The largest absolute Gasteiger partial charge is 0.481 e. The quantitative estimate of drug-likeness (QED) is 0.897. The Bertz CT molecular complexity index is 484. The molecule has 1 heterocycles. The number of rotatable bonds is 3. The van der Waals surface area contributed by atoms with Crippen LogP contribution in [0, 0.1) is 5.41 Å². The van der Waals surface area contributed by atoms with Gasteiger partial charge in [0.05, 0.1) is 5.41 Å². The summed E-state index contributed by atoms with van der Waals surface area (Å²) in [5, 5.41) is 12.0. The first kappa shape index (κ1) is 13.1. The second kappa shape index (κ2) is 4.76. The van der Waals surface area contributed by atoms with Gasteiger partial charge in [0.2, 0.25) is 0 Å². The molecule has 2 rings (SSSR count). The Hall–Kier alpha value is -1.30. The molecule has 1 aliphatic carbocycles. The van der Waals surface area contributed by atoms with Crippen molar-refractivity contribution in [1.29, 1.82) is 0 Å². The number of halogens is 1. The van der Waals surface area contributed by atoms with Gasteiger partial charge in [0.15, 0.2) is 10.4 Å². The van der Waals surface area contributed by atoms with Gasteiger partial charge in [-0.1, -0.05) is 6.42 Å². The predicted octanol–water partition coefficient (Wildman–Crippen LogP) is 2.42. The standard InChI is InChI=1S/C12H14BrNO4/c1-12(11(16)17)6-2-3-8(12)14-10(15)7-4-5-9(13)18-7/h4-5,8H,2-3,6H2,1H3,(H,14,15)(H,16,17). The van der Waals surface area contributed by atoms with Crippen LogP contribution in [-0.4, -0.2) is 23.0 Å². The Morgan fingerprint density at radius 2 is 2.28 bits per heavy atom. The number of carbonyl (C=O) groups excluding carboxylic acids is 1. The van der Waals surface area contributed by atoms with Gasteiger partial charge in [-0.2, -0.15) is 0 Å². The van der Waals surface area contributed by atoms with Crippen molar-refractivity contribution in [2.24, 2.45) is 5.41 Å². The maximum atomic E-state index is 11.9. The summed E-state index contributed by atoms with van der Waals surface area (Å²) < 4.78 is 5.61. The number of amides is 1. The molecule has 1 fully saturated rings. The molecule has 0 spiro atoms. The molecular weight excluding hydrogens is 302 g/mol. The summed E-state index contributed by atoms with van der Waals surface area (Å²) in [5.41, 5.74) is -0.889. The molecular formula is C12H14BrNO4. The summed E-state index contributed by atoms with van der Waals surface area (Å²) in [6.07, 6.45) is 2.06. The second-order valence-corrected chi connectivity index (χ2v) is 5.53. The van der Waals surface area contributed by atoms with Crippen LogP contribution in [0.3, 0.4) is 0 Å². The fraction of sp³-hybridized carbons (Fsp3) is 0.500. The molecule has 0 saturated heterocycles. The van der Waals surface area contributed by atoms with E-state index in [4.69, 9.17) is 4.42 Å². The third-order valence-electron chi connectivity index (χ3n) is 3.55. The third-order valence-corrected chi connectivity index (χ3v) is 3.98. The molecule has 98 valence electrons. The summed E-state index contributed by atoms with van der Waals surface area (Å²) in [7, 11) is 0. The van der Waals surface area contributed by atoms with E-state index in [1.807, 2.05) is 0 Å². The first-order valence-corrected chi connectivity index (χ1v) is 6.52. The van der Waals surface area contributed by atoms with E-state index in [9.17, 15) is 14.7 Å². The van der Waals surface area contributed by atoms with Gasteiger partial charge in [0.1, 0.15) is 0 Å². The van der Waals surface area contributed by atoms with Gasteiger partial charge >= 0.3 is 5.97 Å². The van der Waals surface area contributed by atoms with E-state index in [2.05, 4.69) is 21.2 Å². The van der Waals surface area contributed by atoms with E-state index in [0.717, 1.165) is 6.42 Å². The van der Waals surface area contributed by atoms with Crippen LogP contribution in [0.5, 0.6) is 0 Å². The third kappa shape index (κ3) is 2.29. The lowest BCUT2D eigenvalue weighted by Crippen LogP contribution is -2.46. The van der Waals surface area contributed by atoms with Crippen LogP contribution in [0.15, 0.2) is 21.2 Å². The second-order valence-electron chi connectivity index (χ2n) is 4.74. The zero-order valence-electron chi connectivity index (χ0n) is 9.90. The van der Waals surface area contributed by atoms with Gasteiger partial charge in [0.25, 0.3) is 5.91 Å². The van der Waals surface area contributed by atoms with Gasteiger partial charge in [-0.15, -0.1) is 0 Å². The topological polar surface area (TPSA) is 79.5 Å².